The van der Waals surface area contributed by atoms with Gasteiger partial charge in [-0.05, 0) is 12.1 Å². The lowest BCUT2D eigenvalue weighted by Gasteiger charge is -2.48. The van der Waals surface area contributed by atoms with Gasteiger partial charge in [-0.1, -0.05) is 12.1 Å². The van der Waals surface area contributed by atoms with Crippen molar-refractivity contribution in [3.63, 3.8) is 0 Å². The number of anilines is 1. The van der Waals surface area contributed by atoms with Crippen molar-refractivity contribution in [2.24, 2.45) is 0 Å². The summed E-state index contributed by atoms with van der Waals surface area (Å²) >= 11 is 0. The average Bonchev–Trinajstić information content (AvgIpc) is 2.92. The van der Waals surface area contributed by atoms with E-state index in [9.17, 15) is 14.4 Å². The van der Waals surface area contributed by atoms with Crippen LogP contribution in [0.1, 0.15) is 23.2 Å². The number of hydrogen-bond acceptors (Lipinski definition) is 5. The lowest BCUT2D eigenvalue weighted by atomic mass is 9.96. The van der Waals surface area contributed by atoms with Crippen LogP contribution in [0.15, 0.2) is 24.3 Å². The second-order valence-electron chi connectivity index (χ2n) is 5.50. The summed E-state index contributed by atoms with van der Waals surface area (Å²) < 4.78 is 10.0. The molecule has 7 heteroatoms. The molecule has 0 N–H and O–H groups in total. The summed E-state index contributed by atoms with van der Waals surface area (Å²) in [7, 11) is 2.78. The van der Waals surface area contributed by atoms with Crippen molar-refractivity contribution in [1.29, 1.82) is 0 Å². The summed E-state index contributed by atoms with van der Waals surface area (Å²) in [6, 6.07) is 6.81. The lowest BCUT2D eigenvalue weighted by molar-refractivity contribution is -0.154. The van der Waals surface area contributed by atoms with Crippen molar-refractivity contribution in [3.05, 3.63) is 29.8 Å². The Kier molecular flexibility index (Phi) is 3.81. The van der Waals surface area contributed by atoms with Gasteiger partial charge in [0.2, 0.25) is 11.6 Å². The molecule has 0 bridgehead atoms. The van der Waals surface area contributed by atoms with E-state index in [0.29, 0.717) is 11.3 Å². The largest absolute Gasteiger partial charge is 0.466 e. The molecule has 0 aromatic heterocycles. The van der Waals surface area contributed by atoms with Crippen LogP contribution in [0.25, 0.3) is 0 Å². The van der Waals surface area contributed by atoms with Crippen LogP contribution >= 0.6 is 0 Å². The Morgan fingerprint density at radius 2 is 2.00 bits per heavy atom. The van der Waals surface area contributed by atoms with E-state index in [1.807, 2.05) is 0 Å². The Bertz CT molecular complexity index is 674. The second-order valence-corrected chi connectivity index (χ2v) is 5.50. The fraction of sp³-hybridized carbons (Fsp3) is 0.438. The van der Waals surface area contributed by atoms with Crippen LogP contribution in [0.4, 0.5) is 5.69 Å². The molecule has 0 saturated carbocycles. The molecule has 1 saturated heterocycles. The number of hydrogen-bond donors (Lipinski definition) is 0. The molecule has 2 amide bonds. The fourth-order valence-electron chi connectivity index (χ4n) is 3.40. The minimum Gasteiger partial charge on any atom is -0.466 e. The molecule has 2 heterocycles. The van der Waals surface area contributed by atoms with E-state index in [1.54, 1.807) is 24.3 Å². The maximum Gasteiger partial charge on any atom is 0.353 e. The van der Waals surface area contributed by atoms with Crippen LogP contribution in [0.3, 0.4) is 0 Å². The molecule has 0 unspecified atom stereocenters. The van der Waals surface area contributed by atoms with Gasteiger partial charge in [0.1, 0.15) is 0 Å². The number of amides is 2. The van der Waals surface area contributed by atoms with Crippen LogP contribution < -0.4 is 4.90 Å². The van der Waals surface area contributed by atoms with E-state index < -0.39 is 11.6 Å². The first-order valence-corrected chi connectivity index (χ1v) is 7.39. The van der Waals surface area contributed by atoms with Gasteiger partial charge < -0.3 is 14.4 Å². The third-order valence-corrected chi connectivity index (χ3v) is 4.41. The van der Waals surface area contributed by atoms with E-state index in [4.69, 9.17) is 9.47 Å². The fourth-order valence-corrected chi connectivity index (χ4v) is 3.40. The molecule has 1 atom stereocenters. The molecule has 23 heavy (non-hydrogen) atoms. The van der Waals surface area contributed by atoms with Gasteiger partial charge in [-0.2, -0.15) is 0 Å². The van der Waals surface area contributed by atoms with Crippen molar-refractivity contribution in [1.82, 2.24) is 4.90 Å². The minimum absolute atomic E-state index is 0.181. The van der Waals surface area contributed by atoms with Gasteiger partial charge in [0.25, 0.3) is 5.91 Å². The predicted octanol–water partition coefficient (Wildman–Crippen LogP) is 0.785. The van der Waals surface area contributed by atoms with E-state index in [2.05, 4.69) is 0 Å². The molecule has 1 fully saturated rings. The molecule has 1 aromatic carbocycles. The molecule has 122 valence electrons. The number of ether oxygens (including phenoxy) is 2. The zero-order chi connectivity index (χ0) is 16.6. The summed E-state index contributed by atoms with van der Waals surface area (Å²) in [6.07, 6.45) is 0.391. The highest BCUT2D eigenvalue weighted by atomic mass is 16.5. The zero-order valence-electron chi connectivity index (χ0n) is 13.1. The zero-order valence-corrected chi connectivity index (χ0v) is 13.1. The Morgan fingerprint density at radius 3 is 2.70 bits per heavy atom. The van der Waals surface area contributed by atoms with Gasteiger partial charge in [0, 0.05) is 26.5 Å². The van der Waals surface area contributed by atoms with Crippen LogP contribution in [0, 0.1) is 0 Å². The molecule has 1 aromatic rings. The number of para-hydroxylation sites is 1. The van der Waals surface area contributed by atoms with Gasteiger partial charge in [-0.15, -0.1) is 0 Å². The van der Waals surface area contributed by atoms with Crippen molar-refractivity contribution >= 4 is 23.5 Å². The third kappa shape index (κ3) is 2.03. The monoisotopic (exact) mass is 318 g/mol. The Labute approximate surface area is 133 Å². The smallest absolute Gasteiger partial charge is 0.353 e. The highest BCUT2D eigenvalue weighted by Gasteiger charge is 2.61. The average molecular weight is 318 g/mol. The Morgan fingerprint density at radius 1 is 1.26 bits per heavy atom. The highest BCUT2D eigenvalue weighted by Crippen LogP contribution is 2.44. The van der Waals surface area contributed by atoms with E-state index in [0.717, 1.165) is 0 Å². The Hall–Kier alpha value is -2.41. The highest BCUT2D eigenvalue weighted by molar-refractivity contribution is 6.15. The second kappa shape index (κ2) is 5.66. The topological polar surface area (TPSA) is 76.2 Å². The molecule has 7 nitrogen and oxygen atoms in total. The quantitative estimate of drug-likeness (QED) is 0.767. The van der Waals surface area contributed by atoms with Crippen LogP contribution in [0.5, 0.6) is 0 Å². The number of fused-ring (bicyclic) bond motifs is 3. The number of methoxy groups -OCH3 is 2. The molecule has 2 aliphatic rings. The molecule has 3 rings (SSSR count). The summed E-state index contributed by atoms with van der Waals surface area (Å²) in [5.41, 5.74) is -0.562. The first-order valence-electron chi connectivity index (χ1n) is 7.39. The first kappa shape index (κ1) is 15.5. The van der Waals surface area contributed by atoms with Gasteiger partial charge >= 0.3 is 5.97 Å². The van der Waals surface area contributed by atoms with Crippen LogP contribution in [-0.4, -0.2) is 55.7 Å². The SMILES string of the molecule is COCCN1C(=O)c2ccccc2N2C(=O)CC[C@@]12C(=O)OC. The third-order valence-electron chi connectivity index (χ3n) is 4.41. The molecule has 0 spiro atoms. The normalized spacial score (nSPS) is 22.9. The van der Waals surface area contributed by atoms with Gasteiger partial charge in [0.15, 0.2) is 0 Å². The molecular weight excluding hydrogens is 300 g/mol. The lowest BCUT2D eigenvalue weighted by Crippen LogP contribution is -2.68. The molecular formula is C16H18N2O5. The summed E-state index contributed by atoms with van der Waals surface area (Å²) in [5.74, 6) is -1.10. The van der Waals surface area contributed by atoms with Crippen molar-refractivity contribution in [2.45, 2.75) is 18.5 Å². The summed E-state index contributed by atoms with van der Waals surface area (Å²) in [4.78, 5) is 40.8. The summed E-state index contributed by atoms with van der Waals surface area (Å²) in [6.45, 7) is 0.456. The van der Waals surface area contributed by atoms with Crippen LogP contribution in [-0.2, 0) is 19.1 Å². The first-order chi connectivity index (χ1) is 11.1. The minimum atomic E-state index is -1.42. The standard InChI is InChI=1S/C16H18N2O5/c1-22-10-9-17-14(20)11-5-3-4-6-12(11)18-13(19)7-8-16(17,18)15(21)23-2/h3-6H,7-10H2,1-2H3/t16-/m1/s1. The number of carbonyl (C=O) groups excluding carboxylic acids is 3. The number of nitrogens with zero attached hydrogens (tertiary/aromatic N) is 2. The van der Waals surface area contributed by atoms with Crippen molar-refractivity contribution in [3.8, 4) is 0 Å². The number of carbonyl (C=O) groups is 3. The van der Waals surface area contributed by atoms with Gasteiger partial charge in [-0.25, -0.2) is 4.79 Å². The maximum absolute atomic E-state index is 12.9. The maximum atomic E-state index is 12.9. The van der Waals surface area contributed by atoms with Crippen molar-refractivity contribution < 1.29 is 23.9 Å². The molecule has 0 aliphatic carbocycles. The summed E-state index contributed by atoms with van der Waals surface area (Å²) in [5, 5.41) is 0. The molecule has 0 radical (unpaired) electrons. The molecule has 2 aliphatic heterocycles. The van der Waals surface area contributed by atoms with E-state index >= 15 is 0 Å². The van der Waals surface area contributed by atoms with Gasteiger partial charge in [-0.3, -0.25) is 14.5 Å². The van der Waals surface area contributed by atoms with Crippen molar-refractivity contribution in [2.75, 3.05) is 32.3 Å². The predicted molar refractivity (Wildman–Crippen MR) is 80.8 cm³/mol. The van der Waals surface area contributed by atoms with Gasteiger partial charge in [0.05, 0.1) is 25.0 Å². The number of benzene rings is 1. The number of esters is 1. The number of rotatable bonds is 4. The van der Waals surface area contributed by atoms with Crippen LogP contribution in [0.2, 0.25) is 0 Å². The van der Waals surface area contributed by atoms with E-state index in [1.165, 1.54) is 24.0 Å². The van der Waals surface area contributed by atoms with E-state index in [-0.39, 0.29) is 37.8 Å². The Balaban J connectivity index is 2.21.